The largest absolute Gasteiger partial charge is 0.338 e. The third kappa shape index (κ3) is 3.42. The van der Waals surface area contributed by atoms with E-state index in [1.807, 2.05) is 24.3 Å². The van der Waals surface area contributed by atoms with E-state index in [0.29, 0.717) is 18.1 Å². The summed E-state index contributed by atoms with van der Waals surface area (Å²) in [6.45, 7) is 6.15. The third-order valence-electron chi connectivity index (χ3n) is 2.99. The van der Waals surface area contributed by atoms with Crippen LogP contribution < -0.4 is 5.73 Å². The number of benzene rings is 1. The molecule has 0 radical (unpaired) electrons. The van der Waals surface area contributed by atoms with Gasteiger partial charge in [-0.05, 0) is 17.0 Å². The zero-order valence-electron chi connectivity index (χ0n) is 11.4. The van der Waals surface area contributed by atoms with Crippen molar-refractivity contribution in [1.82, 2.24) is 10.1 Å². The molecule has 0 fully saturated rings. The maximum Gasteiger partial charge on any atom is 0.244 e. The van der Waals surface area contributed by atoms with E-state index in [0.717, 1.165) is 10.0 Å². The summed E-state index contributed by atoms with van der Waals surface area (Å²) in [6, 6.07) is 7.74. The van der Waals surface area contributed by atoms with E-state index in [-0.39, 0.29) is 11.5 Å². The second-order valence-corrected chi connectivity index (χ2v) is 6.52. The highest BCUT2D eigenvalue weighted by molar-refractivity contribution is 9.10. The van der Waals surface area contributed by atoms with Crippen molar-refractivity contribution in [2.75, 3.05) is 0 Å². The average Bonchev–Trinajstić information content (AvgIpc) is 2.78. The molecule has 1 heterocycles. The highest BCUT2D eigenvalue weighted by atomic mass is 79.9. The minimum Gasteiger partial charge on any atom is -0.338 e. The molecule has 1 aromatic carbocycles. The predicted molar refractivity (Wildman–Crippen MR) is 77.6 cm³/mol. The number of hydrogen-bond acceptors (Lipinski definition) is 4. The quantitative estimate of drug-likeness (QED) is 0.939. The Balaban J connectivity index is 2.16. The first kappa shape index (κ1) is 14.2. The summed E-state index contributed by atoms with van der Waals surface area (Å²) in [6.07, 6.45) is 0.627. The predicted octanol–water partition coefficient (Wildman–Crippen LogP) is 3.47. The van der Waals surface area contributed by atoms with Crippen LogP contribution in [0.4, 0.5) is 0 Å². The molecule has 19 heavy (non-hydrogen) atoms. The summed E-state index contributed by atoms with van der Waals surface area (Å²) in [4.78, 5) is 4.39. The fourth-order valence-electron chi connectivity index (χ4n) is 1.65. The molecular formula is C14H18BrN3O. The van der Waals surface area contributed by atoms with Crippen molar-refractivity contribution in [3.05, 3.63) is 46.0 Å². The van der Waals surface area contributed by atoms with Gasteiger partial charge in [0.1, 0.15) is 0 Å². The Hall–Kier alpha value is -1.20. The molecule has 0 aliphatic rings. The molecule has 1 atom stereocenters. The van der Waals surface area contributed by atoms with Gasteiger partial charge < -0.3 is 10.3 Å². The molecule has 0 unspecified atom stereocenters. The Labute approximate surface area is 121 Å². The van der Waals surface area contributed by atoms with Gasteiger partial charge in [0.15, 0.2) is 5.82 Å². The van der Waals surface area contributed by atoms with Crippen LogP contribution in [0.3, 0.4) is 0 Å². The molecule has 0 spiro atoms. The summed E-state index contributed by atoms with van der Waals surface area (Å²) in [5.74, 6) is 1.15. The molecule has 5 heteroatoms. The summed E-state index contributed by atoms with van der Waals surface area (Å²) in [5.41, 5.74) is 7.13. The molecule has 2 aromatic rings. The summed E-state index contributed by atoms with van der Waals surface area (Å²) in [7, 11) is 0. The van der Waals surface area contributed by atoms with Gasteiger partial charge in [-0.3, -0.25) is 0 Å². The van der Waals surface area contributed by atoms with E-state index in [2.05, 4.69) is 46.8 Å². The summed E-state index contributed by atoms with van der Waals surface area (Å²) in [5, 5.41) is 4.00. The second kappa shape index (κ2) is 5.43. The van der Waals surface area contributed by atoms with E-state index in [1.165, 1.54) is 0 Å². The smallest absolute Gasteiger partial charge is 0.244 e. The topological polar surface area (TPSA) is 64.9 Å². The van der Waals surface area contributed by atoms with Crippen molar-refractivity contribution in [3.63, 3.8) is 0 Å². The van der Waals surface area contributed by atoms with Crippen molar-refractivity contribution >= 4 is 15.9 Å². The maximum atomic E-state index is 6.10. The van der Waals surface area contributed by atoms with Gasteiger partial charge in [0.2, 0.25) is 5.89 Å². The third-order valence-corrected chi connectivity index (χ3v) is 3.76. The standard InChI is InChI=1S/C14H18BrN3O/c1-14(2,3)12(16)13-17-11(18-19-13)8-9-6-4-5-7-10(9)15/h4-7,12H,8,16H2,1-3H3/t12-/m0/s1. The molecule has 2 N–H and O–H groups in total. The minimum atomic E-state index is -0.257. The molecule has 0 saturated carbocycles. The van der Waals surface area contributed by atoms with Crippen molar-refractivity contribution in [2.24, 2.45) is 11.1 Å². The first-order valence-electron chi connectivity index (χ1n) is 6.19. The lowest BCUT2D eigenvalue weighted by Crippen LogP contribution is -2.26. The Kier molecular flexibility index (Phi) is 4.06. The fourth-order valence-corrected chi connectivity index (χ4v) is 2.07. The van der Waals surface area contributed by atoms with E-state index in [4.69, 9.17) is 10.3 Å². The van der Waals surface area contributed by atoms with Gasteiger partial charge in [0.25, 0.3) is 0 Å². The number of aromatic nitrogens is 2. The van der Waals surface area contributed by atoms with Crippen molar-refractivity contribution in [2.45, 2.75) is 33.2 Å². The number of hydrogen-bond donors (Lipinski definition) is 1. The van der Waals surface area contributed by atoms with Gasteiger partial charge in [-0.1, -0.05) is 60.1 Å². The van der Waals surface area contributed by atoms with E-state index in [9.17, 15) is 0 Å². The molecule has 1 aromatic heterocycles. The first-order valence-corrected chi connectivity index (χ1v) is 6.98. The lowest BCUT2D eigenvalue weighted by molar-refractivity contribution is 0.252. The summed E-state index contributed by atoms with van der Waals surface area (Å²) < 4.78 is 6.31. The highest BCUT2D eigenvalue weighted by Gasteiger charge is 2.27. The molecule has 0 aliphatic heterocycles. The van der Waals surface area contributed by atoms with Crippen LogP contribution in [0.2, 0.25) is 0 Å². The van der Waals surface area contributed by atoms with E-state index in [1.54, 1.807) is 0 Å². The zero-order valence-corrected chi connectivity index (χ0v) is 12.9. The van der Waals surface area contributed by atoms with Gasteiger partial charge in [-0.2, -0.15) is 4.98 Å². The number of nitrogens with zero attached hydrogens (tertiary/aromatic N) is 2. The Morgan fingerprint density at radius 2 is 2.00 bits per heavy atom. The molecular weight excluding hydrogens is 306 g/mol. The second-order valence-electron chi connectivity index (χ2n) is 5.66. The van der Waals surface area contributed by atoms with Gasteiger partial charge in [0, 0.05) is 10.9 Å². The van der Waals surface area contributed by atoms with Crippen LogP contribution in [-0.2, 0) is 6.42 Å². The SMILES string of the molecule is CC(C)(C)[C@@H](N)c1nc(Cc2ccccc2Br)no1. The number of halogens is 1. The minimum absolute atomic E-state index is 0.100. The van der Waals surface area contributed by atoms with Gasteiger partial charge in [-0.15, -0.1) is 0 Å². The summed E-state index contributed by atoms with van der Waals surface area (Å²) >= 11 is 3.51. The average molecular weight is 324 g/mol. The van der Waals surface area contributed by atoms with Crippen molar-refractivity contribution < 1.29 is 4.52 Å². The fraction of sp³-hybridized carbons (Fsp3) is 0.429. The Bertz CT molecular complexity index is 560. The normalized spacial score (nSPS) is 13.5. The van der Waals surface area contributed by atoms with Crippen molar-refractivity contribution in [3.8, 4) is 0 Å². The van der Waals surface area contributed by atoms with Crippen LogP contribution >= 0.6 is 15.9 Å². The van der Waals surface area contributed by atoms with Crippen LogP contribution in [0, 0.1) is 5.41 Å². The van der Waals surface area contributed by atoms with Crippen LogP contribution in [-0.4, -0.2) is 10.1 Å². The van der Waals surface area contributed by atoms with E-state index < -0.39 is 0 Å². The maximum absolute atomic E-state index is 6.10. The Morgan fingerprint density at radius 3 is 2.63 bits per heavy atom. The molecule has 0 amide bonds. The number of nitrogens with two attached hydrogens (primary N) is 1. The van der Waals surface area contributed by atoms with E-state index >= 15 is 0 Å². The molecule has 0 bridgehead atoms. The molecule has 2 rings (SSSR count). The van der Waals surface area contributed by atoms with Crippen LogP contribution in [0.5, 0.6) is 0 Å². The van der Waals surface area contributed by atoms with Gasteiger partial charge >= 0.3 is 0 Å². The monoisotopic (exact) mass is 323 g/mol. The van der Waals surface area contributed by atoms with Crippen molar-refractivity contribution in [1.29, 1.82) is 0 Å². The molecule has 0 saturated heterocycles. The van der Waals surface area contributed by atoms with Crippen LogP contribution in [0.15, 0.2) is 33.3 Å². The highest BCUT2D eigenvalue weighted by Crippen LogP contribution is 2.29. The lowest BCUT2D eigenvalue weighted by atomic mass is 9.87. The Morgan fingerprint density at radius 1 is 1.32 bits per heavy atom. The molecule has 0 aliphatic carbocycles. The molecule has 102 valence electrons. The van der Waals surface area contributed by atoms with Crippen LogP contribution in [0.1, 0.15) is 44.1 Å². The first-order chi connectivity index (χ1) is 8.88. The molecule has 4 nitrogen and oxygen atoms in total. The van der Waals surface area contributed by atoms with Crippen LogP contribution in [0.25, 0.3) is 0 Å². The van der Waals surface area contributed by atoms with Gasteiger partial charge in [-0.25, -0.2) is 0 Å². The lowest BCUT2D eigenvalue weighted by Gasteiger charge is -2.23. The number of rotatable bonds is 3. The van der Waals surface area contributed by atoms with Gasteiger partial charge in [0.05, 0.1) is 6.04 Å². The zero-order chi connectivity index (χ0) is 14.0.